The highest BCUT2D eigenvalue weighted by Gasteiger charge is 2.14. The average Bonchev–Trinajstić information content (AvgIpc) is 2.70. The molecule has 0 aromatic carbocycles. The Kier molecular flexibility index (Phi) is 6.24. The van der Waals surface area contributed by atoms with Gasteiger partial charge in [-0.1, -0.05) is 23.5 Å². The number of rotatable bonds is 8. The smallest absolute Gasteiger partial charge is 0.311 e. The molecule has 0 atom stereocenters. The van der Waals surface area contributed by atoms with Gasteiger partial charge in [-0.2, -0.15) is 0 Å². The standard InChI is InChI=1S/C13H18N2O3S/c1-4-6-15(7-5-2)9-11-10(8-12(16)18-3)14-13(17)19-11/h4-5H,1-2,6-9H2,3H3,(H,14,17). The summed E-state index contributed by atoms with van der Waals surface area (Å²) in [6.07, 6.45) is 3.67. The van der Waals surface area contributed by atoms with Gasteiger partial charge in [0.05, 0.1) is 13.5 Å². The molecule has 0 amide bonds. The lowest BCUT2D eigenvalue weighted by Crippen LogP contribution is -2.23. The minimum absolute atomic E-state index is 0.0839. The van der Waals surface area contributed by atoms with Crippen LogP contribution in [0.2, 0.25) is 0 Å². The SMILES string of the molecule is C=CCN(CC=C)Cc1sc(=O)[nH]c1CC(=O)OC. The van der Waals surface area contributed by atoms with Gasteiger partial charge in [-0.3, -0.25) is 14.5 Å². The topological polar surface area (TPSA) is 62.4 Å². The number of carbonyl (C=O) groups is 1. The molecule has 19 heavy (non-hydrogen) atoms. The molecular formula is C13H18N2O3S. The van der Waals surface area contributed by atoms with Crippen LogP contribution < -0.4 is 4.87 Å². The molecule has 0 bridgehead atoms. The Morgan fingerprint density at radius 2 is 2.05 bits per heavy atom. The fourth-order valence-electron chi connectivity index (χ4n) is 1.65. The number of hydrogen-bond acceptors (Lipinski definition) is 5. The summed E-state index contributed by atoms with van der Waals surface area (Å²) in [7, 11) is 1.33. The van der Waals surface area contributed by atoms with Gasteiger partial charge in [0.1, 0.15) is 0 Å². The van der Waals surface area contributed by atoms with Crippen molar-refractivity contribution < 1.29 is 9.53 Å². The van der Waals surface area contributed by atoms with Crippen LogP contribution in [0.1, 0.15) is 10.6 Å². The van der Waals surface area contributed by atoms with E-state index in [0.29, 0.717) is 25.3 Å². The highest BCUT2D eigenvalue weighted by molar-refractivity contribution is 7.09. The predicted octanol–water partition coefficient (Wildman–Crippen LogP) is 1.33. The van der Waals surface area contributed by atoms with Crippen molar-refractivity contribution in [2.75, 3.05) is 20.2 Å². The number of ether oxygens (including phenoxy) is 1. The molecule has 1 aromatic heterocycles. The van der Waals surface area contributed by atoms with Gasteiger partial charge in [-0.25, -0.2) is 0 Å². The molecule has 1 aromatic rings. The van der Waals surface area contributed by atoms with Crippen LogP contribution in [0.3, 0.4) is 0 Å². The van der Waals surface area contributed by atoms with E-state index in [9.17, 15) is 9.59 Å². The Morgan fingerprint density at radius 3 is 2.58 bits per heavy atom. The highest BCUT2D eigenvalue weighted by Crippen LogP contribution is 2.14. The second-order valence-corrected chi connectivity index (χ2v) is 5.01. The third-order valence-corrected chi connectivity index (χ3v) is 3.41. The molecule has 6 heteroatoms. The molecule has 0 spiro atoms. The van der Waals surface area contributed by atoms with Crippen molar-refractivity contribution in [3.63, 3.8) is 0 Å². The lowest BCUT2D eigenvalue weighted by atomic mass is 10.2. The number of methoxy groups -OCH3 is 1. The maximum Gasteiger partial charge on any atom is 0.311 e. The molecule has 0 saturated carbocycles. The van der Waals surface area contributed by atoms with E-state index in [1.807, 2.05) is 0 Å². The Labute approximate surface area is 116 Å². The van der Waals surface area contributed by atoms with Gasteiger partial charge < -0.3 is 9.72 Å². The summed E-state index contributed by atoms with van der Waals surface area (Å²) in [6, 6.07) is 0. The Bertz CT molecular complexity index is 494. The number of nitrogens with one attached hydrogen (secondary N) is 1. The van der Waals surface area contributed by atoms with Gasteiger partial charge in [0.2, 0.25) is 0 Å². The monoisotopic (exact) mass is 282 g/mol. The molecule has 1 heterocycles. The molecule has 0 aliphatic rings. The first-order chi connectivity index (χ1) is 9.10. The molecule has 0 aliphatic heterocycles. The fraction of sp³-hybridized carbons (Fsp3) is 0.385. The molecule has 104 valence electrons. The number of hydrogen-bond donors (Lipinski definition) is 1. The maximum absolute atomic E-state index is 11.4. The van der Waals surface area contributed by atoms with Crippen LogP contribution in [0.25, 0.3) is 0 Å². The molecule has 0 aliphatic carbocycles. The van der Waals surface area contributed by atoms with Crippen LogP contribution in [-0.4, -0.2) is 36.1 Å². The van der Waals surface area contributed by atoms with E-state index < -0.39 is 0 Å². The quantitative estimate of drug-likeness (QED) is 0.577. The van der Waals surface area contributed by atoms with Crippen molar-refractivity contribution in [3.8, 4) is 0 Å². The van der Waals surface area contributed by atoms with Crippen LogP contribution in [-0.2, 0) is 22.5 Å². The minimum atomic E-state index is -0.366. The maximum atomic E-state index is 11.4. The van der Waals surface area contributed by atoms with Gasteiger partial charge in [-0.15, -0.1) is 13.2 Å². The molecule has 0 radical (unpaired) electrons. The zero-order valence-corrected chi connectivity index (χ0v) is 11.8. The van der Waals surface area contributed by atoms with Crippen LogP contribution in [0.4, 0.5) is 0 Å². The second kappa shape index (κ2) is 7.70. The molecule has 0 unspecified atom stereocenters. The summed E-state index contributed by atoms with van der Waals surface area (Å²) in [5.41, 5.74) is 0.625. The van der Waals surface area contributed by atoms with E-state index in [0.717, 1.165) is 16.2 Å². The van der Waals surface area contributed by atoms with Crippen LogP contribution in [0.15, 0.2) is 30.1 Å². The molecule has 5 nitrogen and oxygen atoms in total. The Morgan fingerprint density at radius 1 is 1.42 bits per heavy atom. The van der Waals surface area contributed by atoms with Crippen LogP contribution in [0.5, 0.6) is 0 Å². The summed E-state index contributed by atoms with van der Waals surface area (Å²) in [5.74, 6) is -0.366. The lowest BCUT2D eigenvalue weighted by Gasteiger charge is -2.18. The summed E-state index contributed by atoms with van der Waals surface area (Å²) in [4.78, 5) is 28.2. The van der Waals surface area contributed by atoms with E-state index in [1.54, 1.807) is 12.2 Å². The number of thiazole rings is 1. The first kappa shape index (κ1) is 15.4. The third kappa shape index (κ3) is 4.84. The van der Waals surface area contributed by atoms with Crippen molar-refractivity contribution in [2.45, 2.75) is 13.0 Å². The summed E-state index contributed by atoms with van der Waals surface area (Å²) in [6.45, 7) is 9.35. The van der Waals surface area contributed by atoms with Crippen molar-refractivity contribution in [1.82, 2.24) is 9.88 Å². The Balaban J connectivity index is 2.86. The molecular weight excluding hydrogens is 264 g/mol. The van der Waals surface area contributed by atoms with Gasteiger partial charge in [0.15, 0.2) is 0 Å². The summed E-state index contributed by atoms with van der Waals surface area (Å²) >= 11 is 1.12. The number of esters is 1. The third-order valence-electron chi connectivity index (χ3n) is 2.50. The Hall–Kier alpha value is -1.66. The minimum Gasteiger partial charge on any atom is -0.469 e. The van der Waals surface area contributed by atoms with E-state index in [2.05, 4.69) is 27.8 Å². The van der Waals surface area contributed by atoms with Gasteiger partial charge >= 0.3 is 10.8 Å². The number of H-pyrrole nitrogens is 1. The molecule has 1 N–H and O–H groups in total. The zero-order chi connectivity index (χ0) is 14.3. The van der Waals surface area contributed by atoms with E-state index in [-0.39, 0.29) is 17.3 Å². The first-order valence-electron chi connectivity index (χ1n) is 5.82. The fourth-order valence-corrected chi connectivity index (χ4v) is 2.54. The van der Waals surface area contributed by atoms with E-state index in [1.165, 1.54) is 7.11 Å². The van der Waals surface area contributed by atoms with Crippen molar-refractivity contribution in [2.24, 2.45) is 0 Å². The predicted molar refractivity (Wildman–Crippen MR) is 76.3 cm³/mol. The number of aromatic amines is 1. The number of aromatic nitrogens is 1. The normalized spacial score (nSPS) is 10.4. The highest BCUT2D eigenvalue weighted by atomic mass is 32.1. The average molecular weight is 282 g/mol. The molecule has 0 fully saturated rings. The van der Waals surface area contributed by atoms with Crippen molar-refractivity contribution in [3.05, 3.63) is 45.5 Å². The van der Waals surface area contributed by atoms with Gasteiger partial charge in [0.25, 0.3) is 0 Å². The van der Waals surface area contributed by atoms with Crippen LogP contribution >= 0.6 is 11.3 Å². The van der Waals surface area contributed by atoms with Crippen molar-refractivity contribution in [1.29, 1.82) is 0 Å². The molecule has 1 rings (SSSR count). The van der Waals surface area contributed by atoms with E-state index in [4.69, 9.17) is 0 Å². The lowest BCUT2D eigenvalue weighted by molar-refractivity contribution is -0.139. The summed E-state index contributed by atoms with van der Waals surface area (Å²) < 4.78 is 4.62. The zero-order valence-electron chi connectivity index (χ0n) is 11.0. The van der Waals surface area contributed by atoms with E-state index >= 15 is 0 Å². The van der Waals surface area contributed by atoms with Crippen LogP contribution in [0, 0.1) is 0 Å². The van der Waals surface area contributed by atoms with Crippen molar-refractivity contribution >= 4 is 17.3 Å². The largest absolute Gasteiger partial charge is 0.469 e. The summed E-state index contributed by atoms with van der Waals surface area (Å²) in [5, 5.41) is 0. The first-order valence-corrected chi connectivity index (χ1v) is 6.64. The van der Waals surface area contributed by atoms with Gasteiger partial charge in [0, 0.05) is 30.2 Å². The molecule has 0 saturated heterocycles. The second-order valence-electron chi connectivity index (χ2n) is 3.94. The van der Waals surface area contributed by atoms with Gasteiger partial charge in [-0.05, 0) is 0 Å². The number of carbonyl (C=O) groups excluding carboxylic acids is 1. The number of nitrogens with zero attached hydrogens (tertiary/aromatic N) is 1.